The molecule has 0 atom stereocenters. The van der Waals surface area contributed by atoms with E-state index in [1.54, 1.807) is 13.8 Å². The van der Waals surface area contributed by atoms with Gasteiger partial charge in [-0.05, 0) is 20.3 Å². The van der Waals surface area contributed by atoms with E-state index < -0.39 is 5.79 Å². The Morgan fingerprint density at radius 3 is 2.33 bits per heavy atom. The smallest absolute Gasteiger partial charge is 0.159 e. The fourth-order valence-electron chi connectivity index (χ4n) is 0.466. The third-order valence-electron chi connectivity index (χ3n) is 0.953. The molecule has 1 N–H and O–H groups in total. The summed E-state index contributed by atoms with van der Waals surface area (Å²) < 4.78 is 5.03. The molecule has 0 saturated carbocycles. The number of aliphatic hydroxyl groups is 1. The highest BCUT2D eigenvalue weighted by atomic mass is 16.6. The van der Waals surface area contributed by atoms with E-state index in [1.807, 2.05) is 0 Å². The first-order valence-electron chi connectivity index (χ1n) is 3.42. The van der Waals surface area contributed by atoms with Crippen LogP contribution in [0.25, 0.3) is 0 Å². The lowest BCUT2D eigenvalue weighted by Gasteiger charge is -2.17. The molecule has 0 unspecified atom stereocenters. The maximum absolute atomic E-state index is 9.02. The highest BCUT2D eigenvalue weighted by Gasteiger charge is 2.10. The van der Waals surface area contributed by atoms with E-state index in [9.17, 15) is 0 Å². The van der Waals surface area contributed by atoms with Crippen LogP contribution in [0.1, 0.15) is 33.6 Å². The van der Waals surface area contributed by atoms with Gasteiger partial charge in [0.05, 0.1) is 0 Å². The van der Waals surface area contributed by atoms with Gasteiger partial charge >= 0.3 is 0 Å². The Kier molecular flexibility index (Phi) is 3.82. The molecular formula is C7H16O2. The highest BCUT2D eigenvalue weighted by molar-refractivity contribution is 4.47. The zero-order chi connectivity index (χ0) is 7.33. The van der Waals surface area contributed by atoms with Crippen LogP contribution in [0.3, 0.4) is 0 Å². The van der Waals surface area contributed by atoms with E-state index >= 15 is 0 Å². The van der Waals surface area contributed by atoms with Gasteiger partial charge in [0, 0.05) is 6.61 Å². The number of unbranched alkanes of at least 4 members (excludes halogenated alkanes) is 1. The predicted octanol–water partition coefficient (Wildman–Crippen LogP) is 1.53. The molecule has 0 amide bonds. The maximum atomic E-state index is 9.02. The van der Waals surface area contributed by atoms with Crippen LogP contribution in [0.5, 0.6) is 0 Å². The summed E-state index contributed by atoms with van der Waals surface area (Å²) in [5.41, 5.74) is 0. The van der Waals surface area contributed by atoms with E-state index in [0.29, 0.717) is 6.61 Å². The minimum atomic E-state index is -0.949. The van der Waals surface area contributed by atoms with Crippen LogP contribution in [0.2, 0.25) is 0 Å². The average Bonchev–Trinajstić information content (AvgIpc) is 1.63. The molecular weight excluding hydrogens is 116 g/mol. The summed E-state index contributed by atoms with van der Waals surface area (Å²) in [6, 6.07) is 0. The molecule has 0 aliphatic rings. The van der Waals surface area contributed by atoms with Crippen molar-refractivity contribution in [2.45, 2.75) is 39.4 Å². The molecule has 2 nitrogen and oxygen atoms in total. The molecule has 0 aliphatic heterocycles. The van der Waals surface area contributed by atoms with Crippen LogP contribution in [0.4, 0.5) is 0 Å². The molecule has 2 heteroatoms. The van der Waals surface area contributed by atoms with Crippen LogP contribution < -0.4 is 0 Å². The van der Waals surface area contributed by atoms with Gasteiger partial charge in [0.1, 0.15) is 0 Å². The quantitative estimate of drug-likeness (QED) is 0.464. The van der Waals surface area contributed by atoms with Gasteiger partial charge in [-0.25, -0.2) is 0 Å². The molecule has 0 saturated heterocycles. The van der Waals surface area contributed by atoms with Crippen molar-refractivity contribution >= 4 is 0 Å². The Morgan fingerprint density at radius 2 is 2.00 bits per heavy atom. The summed E-state index contributed by atoms with van der Waals surface area (Å²) in [6.45, 7) is 6.03. The van der Waals surface area contributed by atoms with Gasteiger partial charge in [-0.3, -0.25) is 0 Å². The van der Waals surface area contributed by atoms with Gasteiger partial charge < -0.3 is 9.84 Å². The molecule has 0 aromatic carbocycles. The van der Waals surface area contributed by atoms with Crippen LogP contribution in [-0.2, 0) is 4.74 Å². The Balaban J connectivity index is 3.07. The topological polar surface area (TPSA) is 29.5 Å². The molecule has 0 heterocycles. The largest absolute Gasteiger partial charge is 0.366 e. The third kappa shape index (κ3) is 7.92. The number of rotatable bonds is 4. The van der Waals surface area contributed by atoms with Gasteiger partial charge in [-0.2, -0.15) is 0 Å². The van der Waals surface area contributed by atoms with Crippen LogP contribution >= 0.6 is 0 Å². The Labute approximate surface area is 56.8 Å². The summed E-state index contributed by atoms with van der Waals surface area (Å²) in [5, 5.41) is 9.02. The second-order valence-corrected chi connectivity index (χ2v) is 2.65. The van der Waals surface area contributed by atoms with E-state index in [4.69, 9.17) is 9.84 Å². The Hall–Kier alpha value is -0.0800. The SMILES string of the molecule is CCCCOC(C)(C)O. The standard InChI is InChI=1S/C7H16O2/c1-4-5-6-9-7(2,3)8/h8H,4-6H2,1-3H3. The number of hydrogen-bond donors (Lipinski definition) is 1. The molecule has 0 rings (SSSR count). The summed E-state index contributed by atoms with van der Waals surface area (Å²) in [5.74, 6) is -0.949. The summed E-state index contributed by atoms with van der Waals surface area (Å²) in [6.07, 6.45) is 2.13. The van der Waals surface area contributed by atoms with Crippen molar-refractivity contribution in [1.82, 2.24) is 0 Å². The molecule has 0 aromatic rings. The first-order valence-corrected chi connectivity index (χ1v) is 3.42. The first-order chi connectivity index (χ1) is 4.06. The average molecular weight is 132 g/mol. The molecule has 0 bridgehead atoms. The number of ether oxygens (including phenoxy) is 1. The van der Waals surface area contributed by atoms with Gasteiger partial charge in [0.25, 0.3) is 0 Å². The maximum Gasteiger partial charge on any atom is 0.159 e. The molecule has 0 aromatic heterocycles. The van der Waals surface area contributed by atoms with Crippen LogP contribution in [0.15, 0.2) is 0 Å². The fraction of sp³-hybridized carbons (Fsp3) is 1.00. The molecule has 0 fully saturated rings. The molecule has 0 radical (unpaired) electrons. The van der Waals surface area contributed by atoms with Crippen molar-refractivity contribution in [3.05, 3.63) is 0 Å². The lowest BCUT2D eigenvalue weighted by molar-refractivity contribution is -0.176. The predicted molar refractivity (Wildman–Crippen MR) is 37.2 cm³/mol. The van der Waals surface area contributed by atoms with Crippen molar-refractivity contribution in [3.63, 3.8) is 0 Å². The van der Waals surface area contributed by atoms with Crippen molar-refractivity contribution in [2.24, 2.45) is 0 Å². The van der Waals surface area contributed by atoms with E-state index in [1.165, 1.54) is 0 Å². The van der Waals surface area contributed by atoms with Crippen LogP contribution in [-0.4, -0.2) is 17.5 Å². The van der Waals surface area contributed by atoms with Gasteiger partial charge in [-0.15, -0.1) is 0 Å². The Bertz CT molecular complexity index is 63.8. The van der Waals surface area contributed by atoms with Crippen LogP contribution in [0, 0.1) is 0 Å². The van der Waals surface area contributed by atoms with E-state index in [-0.39, 0.29) is 0 Å². The zero-order valence-electron chi connectivity index (χ0n) is 6.48. The number of hydrogen-bond acceptors (Lipinski definition) is 2. The summed E-state index contributed by atoms with van der Waals surface area (Å²) in [7, 11) is 0. The van der Waals surface area contributed by atoms with Crippen molar-refractivity contribution in [2.75, 3.05) is 6.61 Å². The third-order valence-corrected chi connectivity index (χ3v) is 0.953. The van der Waals surface area contributed by atoms with Gasteiger partial charge in [-0.1, -0.05) is 13.3 Å². The van der Waals surface area contributed by atoms with Crippen molar-refractivity contribution in [3.8, 4) is 0 Å². The molecule has 9 heavy (non-hydrogen) atoms. The van der Waals surface area contributed by atoms with Gasteiger partial charge in [0.15, 0.2) is 5.79 Å². The monoisotopic (exact) mass is 132 g/mol. The van der Waals surface area contributed by atoms with Crippen molar-refractivity contribution in [1.29, 1.82) is 0 Å². The minimum Gasteiger partial charge on any atom is -0.366 e. The second-order valence-electron chi connectivity index (χ2n) is 2.65. The highest BCUT2D eigenvalue weighted by Crippen LogP contribution is 2.03. The lowest BCUT2D eigenvalue weighted by Crippen LogP contribution is -2.23. The Morgan fingerprint density at radius 1 is 1.44 bits per heavy atom. The fourth-order valence-corrected chi connectivity index (χ4v) is 0.466. The normalized spacial score (nSPS) is 12.0. The van der Waals surface area contributed by atoms with E-state index in [0.717, 1.165) is 12.8 Å². The minimum absolute atomic E-state index is 0.653. The molecule has 56 valence electrons. The zero-order valence-corrected chi connectivity index (χ0v) is 6.48. The molecule has 0 aliphatic carbocycles. The lowest BCUT2D eigenvalue weighted by atomic mass is 10.3. The second kappa shape index (κ2) is 3.85. The summed E-state index contributed by atoms with van der Waals surface area (Å²) >= 11 is 0. The van der Waals surface area contributed by atoms with Crippen molar-refractivity contribution < 1.29 is 9.84 Å². The summed E-state index contributed by atoms with van der Waals surface area (Å²) in [4.78, 5) is 0. The van der Waals surface area contributed by atoms with E-state index in [2.05, 4.69) is 6.92 Å². The first kappa shape index (κ1) is 8.92. The molecule has 0 spiro atoms. The van der Waals surface area contributed by atoms with Gasteiger partial charge in [0.2, 0.25) is 0 Å².